The third kappa shape index (κ3) is 2.99. The third-order valence-corrected chi connectivity index (χ3v) is 3.84. The molecule has 0 fully saturated rings. The fourth-order valence-electron chi connectivity index (χ4n) is 2.04. The van der Waals surface area contributed by atoms with Crippen molar-refractivity contribution >= 4 is 27.4 Å². The SMILES string of the molecule is CC(C)Cc1nnc(NCc2cc3ccccc3o2)s1. The van der Waals surface area contributed by atoms with Crippen molar-refractivity contribution in [1.82, 2.24) is 10.2 Å². The van der Waals surface area contributed by atoms with E-state index in [1.807, 2.05) is 24.3 Å². The molecule has 2 heterocycles. The molecule has 1 aromatic carbocycles. The van der Waals surface area contributed by atoms with Crippen LogP contribution in [0.1, 0.15) is 24.6 Å². The molecule has 104 valence electrons. The molecule has 0 spiro atoms. The second kappa shape index (κ2) is 5.63. The Hall–Kier alpha value is -1.88. The number of nitrogens with one attached hydrogen (secondary N) is 1. The Balaban J connectivity index is 1.65. The van der Waals surface area contributed by atoms with Gasteiger partial charge in [-0.05, 0) is 18.1 Å². The fraction of sp³-hybridized carbons (Fsp3) is 0.333. The van der Waals surface area contributed by atoms with E-state index in [1.54, 1.807) is 11.3 Å². The van der Waals surface area contributed by atoms with E-state index in [4.69, 9.17) is 4.42 Å². The molecular formula is C15H17N3OS. The highest BCUT2D eigenvalue weighted by Crippen LogP contribution is 2.22. The highest BCUT2D eigenvalue weighted by atomic mass is 32.1. The molecule has 20 heavy (non-hydrogen) atoms. The van der Waals surface area contributed by atoms with Gasteiger partial charge in [-0.15, -0.1) is 10.2 Å². The van der Waals surface area contributed by atoms with E-state index in [1.165, 1.54) is 0 Å². The number of hydrogen-bond donors (Lipinski definition) is 1. The van der Waals surface area contributed by atoms with Crippen LogP contribution in [-0.2, 0) is 13.0 Å². The molecule has 2 aromatic heterocycles. The van der Waals surface area contributed by atoms with E-state index >= 15 is 0 Å². The molecule has 3 aromatic rings. The summed E-state index contributed by atoms with van der Waals surface area (Å²) in [5.41, 5.74) is 0.919. The number of furan rings is 1. The van der Waals surface area contributed by atoms with Gasteiger partial charge < -0.3 is 9.73 Å². The third-order valence-electron chi connectivity index (χ3n) is 2.94. The summed E-state index contributed by atoms with van der Waals surface area (Å²) in [6.07, 6.45) is 0.976. The normalized spacial score (nSPS) is 11.3. The van der Waals surface area contributed by atoms with Gasteiger partial charge in [0.1, 0.15) is 16.4 Å². The van der Waals surface area contributed by atoms with Gasteiger partial charge in [0.05, 0.1) is 6.54 Å². The van der Waals surface area contributed by atoms with Crippen LogP contribution in [-0.4, -0.2) is 10.2 Å². The van der Waals surface area contributed by atoms with Crippen LogP contribution >= 0.6 is 11.3 Å². The Kier molecular flexibility index (Phi) is 3.69. The molecule has 0 bridgehead atoms. The zero-order chi connectivity index (χ0) is 13.9. The van der Waals surface area contributed by atoms with Crippen molar-refractivity contribution in [2.45, 2.75) is 26.8 Å². The van der Waals surface area contributed by atoms with Crippen molar-refractivity contribution in [3.8, 4) is 0 Å². The van der Waals surface area contributed by atoms with Crippen LogP contribution in [0.15, 0.2) is 34.7 Å². The number of aromatic nitrogens is 2. The zero-order valence-corrected chi connectivity index (χ0v) is 12.4. The lowest BCUT2D eigenvalue weighted by atomic mass is 10.1. The lowest BCUT2D eigenvalue weighted by Gasteiger charge is -1.98. The smallest absolute Gasteiger partial charge is 0.206 e. The first-order chi connectivity index (χ1) is 9.70. The molecular weight excluding hydrogens is 270 g/mol. The Bertz CT molecular complexity index is 669. The van der Waals surface area contributed by atoms with E-state index in [0.29, 0.717) is 12.5 Å². The number of anilines is 1. The van der Waals surface area contributed by atoms with E-state index in [-0.39, 0.29) is 0 Å². The molecule has 0 saturated carbocycles. The van der Waals surface area contributed by atoms with Gasteiger partial charge in [-0.25, -0.2) is 0 Å². The van der Waals surface area contributed by atoms with Gasteiger partial charge in [0, 0.05) is 11.8 Å². The van der Waals surface area contributed by atoms with E-state index in [9.17, 15) is 0 Å². The van der Waals surface area contributed by atoms with Crippen LogP contribution in [0.2, 0.25) is 0 Å². The van der Waals surface area contributed by atoms with E-state index < -0.39 is 0 Å². The van der Waals surface area contributed by atoms with E-state index in [2.05, 4.69) is 35.4 Å². The summed E-state index contributed by atoms with van der Waals surface area (Å²) in [5.74, 6) is 1.51. The largest absolute Gasteiger partial charge is 0.459 e. The Morgan fingerprint density at radius 2 is 2.10 bits per heavy atom. The Morgan fingerprint density at radius 1 is 1.25 bits per heavy atom. The fourth-order valence-corrected chi connectivity index (χ4v) is 2.99. The highest BCUT2D eigenvalue weighted by molar-refractivity contribution is 7.15. The second-order valence-electron chi connectivity index (χ2n) is 5.20. The van der Waals surface area contributed by atoms with Crippen LogP contribution < -0.4 is 5.32 Å². The predicted molar refractivity (Wildman–Crippen MR) is 82.0 cm³/mol. The molecule has 1 N–H and O–H groups in total. The van der Waals surface area contributed by atoms with Crippen molar-refractivity contribution in [2.24, 2.45) is 5.92 Å². The number of nitrogens with zero attached hydrogens (tertiary/aromatic N) is 2. The van der Waals surface area contributed by atoms with E-state index in [0.717, 1.165) is 33.3 Å². The number of rotatable bonds is 5. The molecule has 0 aliphatic rings. The first kappa shape index (κ1) is 13.1. The van der Waals surface area contributed by atoms with Crippen LogP contribution in [0, 0.1) is 5.92 Å². The Morgan fingerprint density at radius 3 is 2.90 bits per heavy atom. The summed E-state index contributed by atoms with van der Waals surface area (Å²) >= 11 is 1.61. The summed E-state index contributed by atoms with van der Waals surface area (Å²) < 4.78 is 5.76. The summed E-state index contributed by atoms with van der Waals surface area (Å²) in [5, 5.41) is 14.7. The molecule has 0 amide bonds. The van der Waals surface area contributed by atoms with Gasteiger partial charge in [-0.3, -0.25) is 0 Å². The quantitative estimate of drug-likeness (QED) is 0.767. The van der Waals surface area contributed by atoms with Gasteiger partial charge >= 0.3 is 0 Å². The van der Waals surface area contributed by atoms with Crippen molar-refractivity contribution < 1.29 is 4.42 Å². The maximum absolute atomic E-state index is 5.76. The van der Waals surface area contributed by atoms with Crippen LogP contribution in [0.4, 0.5) is 5.13 Å². The van der Waals surface area contributed by atoms with Crippen molar-refractivity contribution in [3.05, 3.63) is 41.1 Å². The molecule has 3 rings (SSSR count). The predicted octanol–water partition coefficient (Wildman–Crippen LogP) is 4.09. The first-order valence-corrected chi connectivity index (χ1v) is 7.56. The molecule has 0 radical (unpaired) electrons. The summed E-state index contributed by atoms with van der Waals surface area (Å²) in [4.78, 5) is 0. The summed E-state index contributed by atoms with van der Waals surface area (Å²) in [6.45, 7) is 5.00. The zero-order valence-electron chi connectivity index (χ0n) is 11.6. The van der Waals surface area contributed by atoms with Crippen LogP contribution in [0.5, 0.6) is 0 Å². The minimum Gasteiger partial charge on any atom is -0.459 e. The summed E-state index contributed by atoms with van der Waals surface area (Å²) in [7, 11) is 0. The molecule has 0 atom stereocenters. The maximum Gasteiger partial charge on any atom is 0.206 e. The minimum absolute atomic E-state index is 0.603. The van der Waals surface area contributed by atoms with Crippen molar-refractivity contribution in [2.75, 3.05) is 5.32 Å². The second-order valence-corrected chi connectivity index (χ2v) is 6.27. The van der Waals surface area contributed by atoms with Crippen molar-refractivity contribution in [1.29, 1.82) is 0 Å². The standard InChI is InChI=1S/C15H17N3OS/c1-10(2)7-14-17-18-15(20-14)16-9-12-8-11-5-3-4-6-13(11)19-12/h3-6,8,10H,7,9H2,1-2H3,(H,16,18). The number of para-hydroxylation sites is 1. The number of benzene rings is 1. The lowest BCUT2D eigenvalue weighted by molar-refractivity contribution is 0.559. The van der Waals surface area contributed by atoms with Gasteiger partial charge in [0.15, 0.2) is 0 Å². The van der Waals surface area contributed by atoms with Gasteiger partial charge in [0.2, 0.25) is 5.13 Å². The maximum atomic E-state index is 5.76. The summed E-state index contributed by atoms with van der Waals surface area (Å²) in [6, 6.07) is 10.1. The first-order valence-electron chi connectivity index (χ1n) is 6.74. The molecule has 0 aliphatic heterocycles. The molecule has 5 heteroatoms. The molecule has 0 unspecified atom stereocenters. The number of hydrogen-bond acceptors (Lipinski definition) is 5. The van der Waals surface area contributed by atoms with Crippen LogP contribution in [0.3, 0.4) is 0 Å². The number of fused-ring (bicyclic) bond motifs is 1. The minimum atomic E-state index is 0.603. The van der Waals surface area contributed by atoms with Crippen molar-refractivity contribution in [3.63, 3.8) is 0 Å². The molecule has 4 nitrogen and oxygen atoms in total. The average Bonchev–Trinajstić information content (AvgIpc) is 3.01. The van der Waals surface area contributed by atoms with Gasteiger partial charge in [-0.1, -0.05) is 43.4 Å². The highest BCUT2D eigenvalue weighted by Gasteiger charge is 2.07. The monoisotopic (exact) mass is 287 g/mol. The van der Waals surface area contributed by atoms with Gasteiger partial charge in [-0.2, -0.15) is 0 Å². The molecule has 0 aliphatic carbocycles. The molecule has 0 saturated heterocycles. The Labute approximate surface area is 121 Å². The van der Waals surface area contributed by atoms with Crippen LogP contribution in [0.25, 0.3) is 11.0 Å². The van der Waals surface area contributed by atoms with Gasteiger partial charge in [0.25, 0.3) is 0 Å². The topological polar surface area (TPSA) is 51.0 Å². The lowest BCUT2D eigenvalue weighted by Crippen LogP contribution is -1.97. The average molecular weight is 287 g/mol.